The summed E-state index contributed by atoms with van der Waals surface area (Å²) in [5, 5.41) is 0. The number of rotatable bonds is 66. The highest BCUT2D eigenvalue weighted by atomic mass is 14.2. The Bertz CT molecular complexity index is 1140. The number of aryl methyl sites for hydroxylation is 3. The van der Waals surface area contributed by atoms with E-state index >= 15 is 0 Å². The fourth-order valence-electron chi connectivity index (χ4n) is 13.0. The molecule has 0 heterocycles. The first-order valence-corrected chi connectivity index (χ1v) is 36.8. The van der Waals surface area contributed by atoms with Gasteiger partial charge in [-0.3, -0.25) is 0 Å². The van der Waals surface area contributed by atoms with Gasteiger partial charge in [-0.05, 0) is 62.1 Å². The third kappa shape index (κ3) is 53.8. The zero-order valence-electron chi connectivity index (χ0n) is 53.8. The van der Waals surface area contributed by atoms with Crippen molar-refractivity contribution in [3.63, 3.8) is 0 Å². The van der Waals surface area contributed by atoms with Crippen molar-refractivity contribution < 1.29 is 0 Å². The van der Waals surface area contributed by atoms with Gasteiger partial charge in [-0.15, -0.1) is 0 Å². The third-order valence-electron chi connectivity index (χ3n) is 18.2. The minimum Gasteiger partial charge on any atom is -0.0654 e. The van der Waals surface area contributed by atoms with Gasteiger partial charge in [0.25, 0.3) is 0 Å². The van der Waals surface area contributed by atoms with Crippen LogP contribution in [0.4, 0.5) is 0 Å². The molecular formula is C76H146. The Morgan fingerprint density at radius 2 is 0.303 bits per heavy atom. The molecule has 0 bridgehead atoms. The zero-order valence-corrected chi connectivity index (χ0v) is 53.8. The van der Waals surface area contributed by atoms with Crippen LogP contribution in [0.3, 0.4) is 0 Å². The first-order valence-electron chi connectivity index (χ1n) is 36.8. The molecule has 0 spiro atoms. The number of hydrogen-bond donors (Lipinski definition) is 0. The molecule has 1 rings (SSSR count). The molecular weight excluding hydrogens is 913 g/mol. The van der Waals surface area contributed by atoms with E-state index < -0.39 is 0 Å². The largest absolute Gasteiger partial charge is 0.0654 e. The van der Waals surface area contributed by atoms with Crippen molar-refractivity contribution in [2.75, 3.05) is 0 Å². The van der Waals surface area contributed by atoms with Gasteiger partial charge in [0, 0.05) is 0 Å². The third-order valence-corrected chi connectivity index (χ3v) is 18.2. The van der Waals surface area contributed by atoms with Crippen LogP contribution >= 0.6 is 0 Å². The van der Waals surface area contributed by atoms with Crippen molar-refractivity contribution in [1.82, 2.24) is 0 Å². The Labute approximate surface area is 483 Å². The second-order valence-corrected chi connectivity index (χ2v) is 26.0. The molecule has 0 atom stereocenters. The van der Waals surface area contributed by atoms with Gasteiger partial charge in [0.15, 0.2) is 0 Å². The number of unbranched alkanes of at least 4 members (excludes halogenated alkanes) is 60. The molecule has 76 heavy (non-hydrogen) atoms. The summed E-state index contributed by atoms with van der Waals surface area (Å²) in [5.74, 6) is 0. The Balaban J connectivity index is 2.30. The molecule has 0 N–H and O–H groups in total. The van der Waals surface area contributed by atoms with Crippen molar-refractivity contribution in [1.29, 1.82) is 0 Å². The zero-order chi connectivity index (χ0) is 54.4. The molecule has 0 aromatic heterocycles. The number of benzene rings is 1. The molecule has 1 aromatic rings. The minimum atomic E-state index is 1.32. The molecule has 0 saturated heterocycles. The van der Waals surface area contributed by atoms with Gasteiger partial charge >= 0.3 is 0 Å². The van der Waals surface area contributed by atoms with Crippen molar-refractivity contribution >= 4 is 0 Å². The summed E-state index contributed by atoms with van der Waals surface area (Å²) >= 11 is 0. The monoisotopic (exact) mass is 1060 g/mol. The first kappa shape index (κ1) is 73.2. The molecule has 0 amide bonds. The van der Waals surface area contributed by atoms with E-state index in [4.69, 9.17) is 0 Å². The predicted molar refractivity (Wildman–Crippen MR) is 350 cm³/mol. The molecule has 0 aliphatic heterocycles. The van der Waals surface area contributed by atoms with Gasteiger partial charge in [0.2, 0.25) is 0 Å². The lowest BCUT2D eigenvalue weighted by atomic mass is 9.88. The van der Waals surface area contributed by atoms with Gasteiger partial charge < -0.3 is 0 Å². The van der Waals surface area contributed by atoms with Crippen LogP contribution in [-0.4, -0.2) is 0 Å². The molecule has 0 radical (unpaired) electrons. The first-order chi connectivity index (χ1) is 37.7. The Morgan fingerprint density at radius 1 is 0.171 bits per heavy atom. The Morgan fingerprint density at radius 3 is 0.461 bits per heavy atom. The van der Waals surface area contributed by atoms with Crippen LogP contribution in [0.25, 0.3) is 0 Å². The van der Waals surface area contributed by atoms with Crippen LogP contribution < -0.4 is 0 Å². The van der Waals surface area contributed by atoms with E-state index in [-0.39, 0.29) is 0 Å². The van der Waals surface area contributed by atoms with Gasteiger partial charge in [-0.2, -0.15) is 0 Å². The highest BCUT2D eigenvalue weighted by Gasteiger charge is 2.11. The second-order valence-electron chi connectivity index (χ2n) is 26.0. The molecule has 0 unspecified atom stereocenters. The van der Waals surface area contributed by atoms with E-state index in [0.717, 1.165) is 0 Å². The fraction of sp³-hybridized carbons (Fsp3) is 0.921. The quantitative estimate of drug-likeness (QED) is 0.0571. The smallest absolute Gasteiger partial charge is 0.0273 e. The molecule has 450 valence electrons. The van der Waals surface area contributed by atoms with Crippen molar-refractivity contribution in [3.8, 4) is 0 Å². The molecule has 0 saturated carbocycles. The van der Waals surface area contributed by atoms with Gasteiger partial charge in [0.05, 0.1) is 0 Å². The van der Waals surface area contributed by atoms with Crippen LogP contribution in [0.2, 0.25) is 0 Å². The Kier molecular flexibility index (Phi) is 61.1. The van der Waals surface area contributed by atoms with Crippen molar-refractivity contribution in [2.45, 2.75) is 451 Å². The molecule has 0 heteroatoms. The normalized spacial score (nSPS) is 11.7. The van der Waals surface area contributed by atoms with Crippen molar-refractivity contribution in [3.05, 3.63) is 34.4 Å². The van der Waals surface area contributed by atoms with Gasteiger partial charge in [-0.1, -0.05) is 424 Å². The van der Waals surface area contributed by atoms with Gasteiger partial charge in [-0.25, -0.2) is 0 Å². The lowest BCUT2D eigenvalue weighted by molar-refractivity contribution is 0.519. The maximum absolute atomic E-state index is 2.62. The average molecular weight is 1060 g/mol. The molecule has 0 nitrogen and oxygen atoms in total. The average Bonchev–Trinajstić information content (AvgIpc) is 3.42. The van der Waals surface area contributed by atoms with E-state index in [2.05, 4.69) is 39.8 Å². The van der Waals surface area contributed by atoms with E-state index in [1.54, 1.807) is 16.7 Å². The fourth-order valence-corrected chi connectivity index (χ4v) is 13.0. The van der Waals surface area contributed by atoms with Crippen LogP contribution in [0.1, 0.15) is 448 Å². The SMILES string of the molecule is CCCCCCCCCCCCCCCCCCCCCCCc1cc(C)cc(CCCCCCCCCCCCCCCCCCCCCCC)c1CCCCCCCCCCCCCCCCCCCCCCC. The van der Waals surface area contributed by atoms with Crippen LogP contribution in [0, 0.1) is 6.92 Å². The maximum Gasteiger partial charge on any atom is -0.0273 e. The van der Waals surface area contributed by atoms with Crippen LogP contribution in [0.15, 0.2) is 12.1 Å². The summed E-state index contributed by atoms with van der Waals surface area (Å²) in [6.45, 7) is 9.36. The molecule has 0 fully saturated rings. The highest BCUT2D eigenvalue weighted by molar-refractivity contribution is 5.39. The van der Waals surface area contributed by atoms with Crippen LogP contribution in [0.5, 0.6) is 0 Å². The lowest BCUT2D eigenvalue weighted by Gasteiger charge is -2.17. The summed E-state index contributed by atoms with van der Waals surface area (Å²) in [7, 11) is 0. The highest BCUT2D eigenvalue weighted by Crippen LogP contribution is 2.26. The van der Waals surface area contributed by atoms with E-state index in [9.17, 15) is 0 Å². The molecule has 0 aliphatic rings. The van der Waals surface area contributed by atoms with E-state index in [1.165, 1.54) is 429 Å². The predicted octanol–water partition coefficient (Wildman–Crippen LogP) is 28.3. The Hall–Kier alpha value is -0.780. The van der Waals surface area contributed by atoms with Gasteiger partial charge in [0.1, 0.15) is 0 Å². The summed E-state index contributed by atoms with van der Waals surface area (Å²) in [6, 6.07) is 5.23. The summed E-state index contributed by atoms with van der Waals surface area (Å²) < 4.78 is 0. The molecule has 0 aliphatic carbocycles. The molecule has 1 aromatic carbocycles. The van der Waals surface area contributed by atoms with E-state index in [0.29, 0.717) is 0 Å². The summed E-state index contributed by atoms with van der Waals surface area (Å²) in [5.41, 5.74) is 6.80. The van der Waals surface area contributed by atoms with Crippen LogP contribution in [-0.2, 0) is 19.3 Å². The topological polar surface area (TPSA) is 0 Å². The summed E-state index contributed by atoms with van der Waals surface area (Å²) in [4.78, 5) is 0. The summed E-state index contributed by atoms with van der Waals surface area (Å²) in [6.07, 6.45) is 96.3. The second kappa shape index (κ2) is 63.4. The number of hydrogen-bond acceptors (Lipinski definition) is 0. The van der Waals surface area contributed by atoms with E-state index in [1.807, 2.05) is 0 Å². The maximum atomic E-state index is 2.62. The standard InChI is InChI=1S/C76H146/c1-5-8-11-14-17-20-23-26-29-32-35-38-41-44-47-50-53-56-59-62-65-68-74-71-73(4)72-75(69-66-63-60-57-54-51-48-45-42-39-36-33-30-27-24-21-18-15-12-9-6-2)76(74)70-67-64-61-58-55-52-49-46-43-40-37-34-31-28-25-22-19-16-13-10-7-3/h71-72H,5-70H2,1-4H3. The minimum absolute atomic E-state index is 1.32. The lowest BCUT2D eigenvalue weighted by Crippen LogP contribution is -2.03. The van der Waals surface area contributed by atoms with Crippen molar-refractivity contribution in [2.24, 2.45) is 0 Å².